The number of nitrogens with zero attached hydrogens (tertiary/aromatic N) is 4. The van der Waals surface area contributed by atoms with Crippen molar-refractivity contribution in [2.24, 2.45) is 5.92 Å². The number of aryl methyl sites for hydroxylation is 1. The second-order valence-electron chi connectivity index (χ2n) is 8.79. The van der Waals surface area contributed by atoms with E-state index in [1.54, 1.807) is 24.1 Å². The molecule has 1 saturated carbocycles. The first-order valence-corrected chi connectivity index (χ1v) is 10.9. The van der Waals surface area contributed by atoms with E-state index >= 15 is 0 Å². The summed E-state index contributed by atoms with van der Waals surface area (Å²) in [5.41, 5.74) is 0.418. The Kier molecular flexibility index (Phi) is 5.45. The van der Waals surface area contributed by atoms with E-state index in [1.165, 1.54) is 24.4 Å². The van der Waals surface area contributed by atoms with E-state index in [4.69, 9.17) is 0 Å². The number of amides is 1. The predicted octanol–water partition coefficient (Wildman–Crippen LogP) is 4.72. The number of carbonyl (C=O) groups is 1. The molecule has 0 aromatic carbocycles. The van der Waals surface area contributed by atoms with E-state index in [-0.39, 0.29) is 40.9 Å². The van der Waals surface area contributed by atoms with Crippen LogP contribution in [0.15, 0.2) is 48.9 Å². The van der Waals surface area contributed by atoms with Gasteiger partial charge in [0.2, 0.25) is 0 Å². The molecule has 1 aliphatic carbocycles. The van der Waals surface area contributed by atoms with E-state index in [0.29, 0.717) is 12.4 Å². The lowest BCUT2D eigenvalue weighted by Crippen LogP contribution is -2.48. The first-order valence-electron chi connectivity index (χ1n) is 10.9. The number of nitrogens with one attached hydrogen (secondary N) is 1. The minimum Gasteiger partial charge on any atom is -0.365 e. The average Bonchev–Trinajstić information content (AvgIpc) is 3.40. The van der Waals surface area contributed by atoms with Crippen LogP contribution in [0.1, 0.15) is 34.3 Å². The lowest BCUT2D eigenvalue weighted by atomic mass is 10.0. The van der Waals surface area contributed by atoms with Crippen molar-refractivity contribution in [3.8, 4) is 11.4 Å². The molecule has 1 N–H and O–H groups in total. The van der Waals surface area contributed by atoms with Crippen molar-refractivity contribution in [2.75, 3.05) is 11.9 Å². The molecule has 3 unspecified atom stereocenters. The Balaban J connectivity index is 1.39. The lowest BCUT2D eigenvalue weighted by molar-refractivity contribution is -0.137. The monoisotopic (exact) mass is 471 g/mol. The molecule has 1 aliphatic heterocycles. The molecule has 6 nitrogen and oxygen atoms in total. The third-order valence-electron chi connectivity index (χ3n) is 6.40. The summed E-state index contributed by atoms with van der Waals surface area (Å²) < 4.78 is 52.9. The van der Waals surface area contributed by atoms with Crippen LogP contribution in [0.3, 0.4) is 0 Å². The highest BCUT2D eigenvalue weighted by atomic mass is 19.4. The summed E-state index contributed by atoms with van der Waals surface area (Å²) in [7, 11) is 0. The number of rotatable bonds is 4. The number of halogens is 4. The predicted molar refractivity (Wildman–Crippen MR) is 116 cm³/mol. The zero-order valence-corrected chi connectivity index (χ0v) is 18.2. The minimum absolute atomic E-state index is 0.0128. The number of piperidine rings is 1. The van der Waals surface area contributed by atoms with Gasteiger partial charge in [0.15, 0.2) is 5.82 Å². The van der Waals surface area contributed by atoms with Gasteiger partial charge in [-0.05, 0) is 61.6 Å². The number of likely N-dealkylation sites (tertiary alicyclic amines) is 1. The first-order chi connectivity index (χ1) is 16.2. The van der Waals surface area contributed by atoms with E-state index < -0.39 is 17.6 Å². The maximum absolute atomic E-state index is 14.4. The van der Waals surface area contributed by atoms with Crippen LogP contribution in [0.2, 0.25) is 0 Å². The molecule has 3 atom stereocenters. The van der Waals surface area contributed by atoms with Gasteiger partial charge in [-0.15, -0.1) is 0 Å². The third-order valence-corrected chi connectivity index (χ3v) is 6.40. The molecule has 10 heteroatoms. The summed E-state index contributed by atoms with van der Waals surface area (Å²) in [6.45, 7) is 2.36. The molecule has 0 spiro atoms. The van der Waals surface area contributed by atoms with Crippen LogP contribution in [-0.2, 0) is 6.18 Å². The zero-order chi connectivity index (χ0) is 24.0. The van der Waals surface area contributed by atoms with Crippen LogP contribution >= 0.6 is 0 Å². The van der Waals surface area contributed by atoms with E-state index in [9.17, 15) is 22.4 Å². The molecule has 4 heterocycles. The van der Waals surface area contributed by atoms with Gasteiger partial charge in [0.25, 0.3) is 5.91 Å². The summed E-state index contributed by atoms with van der Waals surface area (Å²) >= 11 is 0. The van der Waals surface area contributed by atoms with Crippen molar-refractivity contribution < 1.29 is 22.4 Å². The maximum Gasteiger partial charge on any atom is 0.417 e. The molecule has 5 rings (SSSR count). The topological polar surface area (TPSA) is 71.0 Å². The fourth-order valence-corrected chi connectivity index (χ4v) is 4.89. The molecule has 3 aromatic heterocycles. The van der Waals surface area contributed by atoms with E-state index in [2.05, 4.69) is 20.3 Å². The molecule has 34 heavy (non-hydrogen) atoms. The largest absolute Gasteiger partial charge is 0.417 e. The molecule has 2 bridgehead atoms. The highest BCUT2D eigenvalue weighted by Gasteiger charge is 2.47. The molecule has 1 saturated heterocycles. The zero-order valence-electron chi connectivity index (χ0n) is 18.2. The fraction of sp³-hybridized carbons (Fsp3) is 0.333. The maximum atomic E-state index is 14.4. The standard InChI is InChI=1S/C24H21F4N5O/c1-13-7-16(21(31-10-13)22-17(25)3-2-6-29-22)23(34)33-12-14-8-18(19(33)9-14)32-20-5-4-15(11-30-20)24(26,27)28/h2-7,10-11,14,18-19H,8-9,12H2,1H3,(H,30,32). The Morgan fingerprint density at radius 3 is 2.59 bits per heavy atom. The number of carbonyl (C=O) groups excluding carboxylic acids is 1. The summed E-state index contributed by atoms with van der Waals surface area (Å²) in [6, 6.07) is 6.39. The van der Waals surface area contributed by atoms with Crippen LogP contribution < -0.4 is 5.32 Å². The van der Waals surface area contributed by atoms with Gasteiger partial charge in [-0.3, -0.25) is 14.8 Å². The van der Waals surface area contributed by atoms with Gasteiger partial charge in [0.05, 0.1) is 17.2 Å². The lowest BCUT2D eigenvalue weighted by Gasteiger charge is -2.34. The fourth-order valence-electron chi connectivity index (χ4n) is 4.89. The SMILES string of the molecule is Cc1cnc(-c2ncccc2F)c(C(=O)N2CC3CC(Nc4ccc(C(F)(F)F)cn4)C2C3)c1. The van der Waals surface area contributed by atoms with Crippen molar-refractivity contribution in [1.29, 1.82) is 0 Å². The Morgan fingerprint density at radius 1 is 1.09 bits per heavy atom. The Morgan fingerprint density at radius 2 is 1.91 bits per heavy atom. The van der Waals surface area contributed by atoms with E-state index in [0.717, 1.165) is 30.7 Å². The Bertz CT molecular complexity index is 1230. The van der Waals surface area contributed by atoms with Crippen molar-refractivity contribution >= 4 is 11.7 Å². The third kappa shape index (κ3) is 4.08. The Hall–Kier alpha value is -3.56. The minimum atomic E-state index is -4.45. The smallest absolute Gasteiger partial charge is 0.365 e. The summed E-state index contributed by atoms with van der Waals surface area (Å²) in [4.78, 5) is 27.7. The second kappa shape index (κ2) is 8.34. The molecular weight excluding hydrogens is 450 g/mol. The van der Waals surface area contributed by atoms with Crippen molar-refractivity contribution in [3.63, 3.8) is 0 Å². The highest BCUT2D eigenvalue weighted by Crippen LogP contribution is 2.40. The van der Waals surface area contributed by atoms with Gasteiger partial charge in [-0.2, -0.15) is 13.2 Å². The van der Waals surface area contributed by atoms with Gasteiger partial charge in [-0.25, -0.2) is 9.37 Å². The van der Waals surface area contributed by atoms with Crippen LogP contribution in [0.4, 0.5) is 23.4 Å². The van der Waals surface area contributed by atoms with Crippen LogP contribution in [0, 0.1) is 18.7 Å². The number of fused-ring (bicyclic) bond motifs is 2. The normalized spacial score (nSPS) is 21.7. The molecule has 2 aliphatic rings. The molecule has 2 fully saturated rings. The first kappa shape index (κ1) is 22.2. The van der Waals surface area contributed by atoms with Crippen molar-refractivity contribution in [3.05, 3.63) is 71.4 Å². The number of aromatic nitrogens is 3. The second-order valence-corrected chi connectivity index (χ2v) is 8.79. The van der Waals surface area contributed by atoms with Gasteiger partial charge in [0, 0.05) is 31.2 Å². The molecular formula is C24H21F4N5O. The van der Waals surface area contributed by atoms with Gasteiger partial charge in [-0.1, -0.05) is 0 Å². The Labute approximate surface area is 193 Å². The average molecular weight is 471 g/mol. The highest BCUT2D eigenvalue weighted by molar-refractivity contribution is 6.00. The number of hydrogen-bond donors (Lipinski definition) is 1. The van der Waals surface area contributed by atoms with Crippen LogP contribution in [0.5, 0.6) is 0 Å². The summed E-state index contributed by atoms with van der Waals surface area (Å²) in [5, 5.41) is 3.19. The number of pyridine rings is 3. The molecule has 3 aromatic rings. The van der Waals surface area contributed by atoms with Gasteiger partial charge in [0.1, 0.15) is 17.2 Å². The quantitative estimate of drug-likeness (QED) is 0.558. The van der Waals surface area contributed by atoms with Gasteiger partial charge >= 0.3 is 6.18 Å². The number of hydrogen-bond acceptors (Lipinski definition) is 5. The number of anilines is 1. The molecule has 1 amide bonds. The van der Waals surface area contributed by atoms with Gasteiger partial charge < -0.3 is 10.2 Å². The number of alkyl halides is 3. The summed E-state index contributed by atoms with van der Waals surface area (Å²) in [5.74, 6) is -0.250. The summed E-state index contributed by atoms with van der Waals surface area (Å²) in [6.07, 6.45) is 0.917. The molecule has 0 radical (unpaired) electrons. The van der Waals surface area contributed by atoms with Crippen molar-refractivity contribution in [1.82, 2.24) is 19.9 Å². The van der Waals surface area contributed by atoms with Crippen molar-refractivity contribution in [2.45, 2.75) is 38.0 Å². The van der Waals surface area contributed by atoms with E-state index in [1.807, 2.05) is 0 Å². The van der Waals surface area contributed by atoms with Crippen LogP contribution in [0.25, 0.3) is 11.4 Å². The van der Waals surface area contributed by atoms with Crippen LogP contribution in [-0.4, -0.2) is 44.4 Å². The molecule has 176 valence electrons.